The Morgan fingerprint density at radius 3 is 2.30 bits per heavy atom. The van der Waals surface area contributed by atoms with Crippen molar-refractivity contribution < 1.29 is 40.2 Å². The van der Waals surface area contributed by atoms with Crippen LogP contribution in [0.25, 0.3) is 11.1 Å². The number of ether oxygens (including phenoxy) is 2. The summed E-state index contributed by atoms with van der Waals surface area (Å²) in [4.78, 5) is 11.3. The fourth-order valence-corrected chi connectivity index (χ4v) is 4.31. The van der Waals surface area contributed by atoms with Crippen molar-refractivity contribution >= 4 is 21.7 Å². The lowest BCUT2D eigenvalue weighted by Crippen LogP contribution is -2.17. The van der Waals surface area contributed by atoms with Crippen LogP contribution in [0.15, 0.2) is 65.6 Å². The molecule has 0 bridgehead atoms. The third kappa shape index (κ3) is 5.25. The Morgan fingerprint density at radius 1 is 0.970 bits per heavy atom. The van der Waals surface area contributed by atoms with Crippen LogP contribution in [0.2, 0.25) is 0 Å². The Kier molecular flexibility index (Phi) is 6.63. The third-order valence-electron chi connectivity index (χ3n) is 4.60. The first-order valence-corrected chi connectivity index (χ1v) is 10.7. The summed E-state index contributed by atoms with van der Waals surface area (Å²) in [6.07, 6.45) is -4.76. The summed E-state index contributed by atoms with van der Waals surface area (Å²) < 4.78 is 91.7. The molecule has 0 amide bonds. The summed E-state index contributed by atoms with van der Waals surface area (Å²) in [5, 5.41) is 0. The van der Waals surface area contributed by atoms with Gasteiger partial charge in [0.25, 0.3) is 10.0 Å². The number of hydrogen-bond donors (Lipinski definition) is 1. The van der Waals surface area contributed by atoms with E-state index in [4.69, 9.17) is 4.74 Å². The molecule has 0 atom stereocenters. The molecule has 33 heavy (non-hydrogen) atoms. The minimum absolute atomic E-state index is 0.00849. The number of methoxy groups -OCH3 is 2. The van der Waals surface area contributed by atoms with Crippen molar-refractivity contribution in [1.82, 2.24) is 0 Å². The molecule has 3 aromatic carbocycles. The maximum atomic E-state index is 13.7. The SMILES string of the molecule is COC(=O)c1ccc(OC)c(S(=O)(=O)Nc2cc(C(F)(F)F)ccc2-c2cccc(F)c2)c1. The molecule has 174 valence electrons. The van der Waals surface area contributed by atoms with Gasteiger partial charge >= 0.3 is 12.1 Å². The van der Waals surface area contributed by atoms with Gasteiger partial charge in [0.1, 0.15) is 16.5 Å². The minimum atomic E-state index is -4.76. The van der Waals surface area contributed by atoms with Gasteiger partial charge in [-0.2, -0.15) is 13.2 Å². The summed E-state index contributed by atoms with van der Waals surface area (Å²) >= 11 is 0. The average molecular weight is 483 g/mol. The number of benzene rings is 3. The van der Waals surface area contributed by atoms with Crippen LogP contribution in [0.3, 0.4) is 0 Å². The molecule has 0 unspecified atom stereocenters. The van der Waals surface area contributed by atoms with Crippen molar-refractivity contribution in [1.29, 1.82) is 0 Å². The first kappa shape index (κ1) is 24.1. The Morgan fingerprint density at radius 2 is 1.70 bits per heavy atom. The third-order valence-corrected chi connectivity index (χ3v) is 5.99. The van der Waals surface area contributed by atoms with E-state index in [1.54, 1.807) is 0 Å². The molecule has 0 aliphatic heterocycles. The fraction of sp³-hybridized carbons (Fsp3) is 0.136. The quantitative estimate of drug-likeness (QED) is 0.389. The number of esters is 1. The molecule has 0 aliphatic carbocycles. The molecule has 0 radical (unpaired) electrons. The van der Waals surface area contributed by atoms with Crippen molar-refractivity contribution in [3.8, 4) is 16.9 Å². The average Bonchev–Trinajstić information content (AvgIpc) is 2.77. The highest BCUT2D eigenvalue weighted by Gasteiger charge is 2.32. The second-order valence-corrected chi connectivity index (χ2v) is 8.38. The van der Waals surface area contributed by atoms with Crippen LogP contribution in [0, 0.1) is 5.82 Å². The van der Waals surface area contributed by atoms with E-state index in [0.717, 1.165) is 37.4 Å². The van der Waals surface area contributed by atoms with E-state index < -0.39 is 44.1 Å². The molecule has 0 spiro atoms. The molecule has 0 heterocycles. The van der Waals surface area contributed by atoms with Crippen LogP contribution in [0.4, 0.5) is 23.2 Å². The van der Waals surface area contributed by atoms with Gasteiger partial charge in [-0.1, -0.05) is 18.2 Å². The van der Waals surface area contributed by atoms with E-state index in [1.165, 1.54) is 31.4 Å². The topological polar surface area (TPSA) is 81.7 Å². The standard InChI is InChI=1S/C22H17F4NO5S/c1-31-19-9-6-14(21(28)32-2)11-20(19)33(29,30)27-18-12-15(22(24,25)26)7-8-17(18)13-4-3-5-16(23)10-13/h3-12,27H,1-2H3. The van der Waals surface area contributed by atoms with Gasteiger partial charge in [-0.3, -0.25) is 4.72 Å². The van der Waals surface area contributed by atoms with Crippen LogP contribution < -0.4 is 9.46 Å². The summed E-state index contributed by atoms with van der Waals surface area (Å²) in [6.45, 7) is 0. The maximum absolute atomic E-state index is 13.7. The van der Waals surface area contributed by atoms with Gasteiger partial charge in [-0.15, -0.1) is 0 Å². The van der Waals surface area contributed by atoms with Crippen LogP contribution in [0.5, 0.6) is 5.75 Å². The van der Waals surface area contributed by atoms with Gasteiger partial charge in [0.15, 0.2) is 0 Å². The van der Waals surface area contributed by atoms with Crippen LogP contribution >= 0.6 is 0 Å². The predicted octanol–water partition coefficient (Wildman–Crippen LogP) is 5.11. The monoisotopic (exact) mass is 483 g/mol. The van der Waals surface area contributed by atoms with Crippen molar-refractivity contribution in [2.45, 2.75) is 11.1 Å². The lowest BCUT2D eigenvalue weighted by Gasteiger charge is -2.17. The lowest BCUT2D eigenvalue weighted by atomic mass is 10.0. The Balaban J connectivity index is 2.17. The summed E-state index contributed by atoms with van der Waals surface area (Å²) in [5.41, 5.74) is -1.52. The van der Waals surface area contributed by atoms with Crippen LogP contribution in [-0.4, -0.2) is 28.6 Å². The summed E-state index contributed by atoms with van der Waals surface area (Å²) in [5.74, 6) is -1.64. The number of anilines is 1. The van der Waals surface area contributed by atoms with Gasteiger partial charge in [0.2, 0.25) is 0 Å². The zero-order valence-electron chi connectivity index (χ0n) is 17.2. The molecule has 11 heteroatoms. The highest BCUT2D eigenvalue weighted by atomic mass is 32.2. The molecular weight excluding hydrogens is 466 g/mol. The number of alkyl halides is 3. The van der Waals surface area contributed by atoms with Crippen LogP contribution in [0.1, 0.15) is 15.9 Å². The number of carbonyl (C=O) groups is 1. The summed E-state index contributed by atoms with van der Waals surface area (Å²) in [6, 6.07) is 10.8. The summed E-state index contributed by atoms with van der Waals surface area (Å²) in [7, 11) is -2.27. The van der Waals surface area contributed by atoms with Crippen molar-refractivity contribution in [2.24, 2.45) is 0 Å². The van der Waals surface area contributed by atoms with Crippen molar-refractivity contribution in [3.05, 3.63) is 77.6 Å². The molecule has 0 fully saturated rings. The molecule has 6 nitrogen and oxygen atoms in total. The molecule has 3 aromatic rings. The molecule has 0 aliphatic rings. The van der Waals surface area contributed by atoms with Gasteiger partial charge in [0, 0.05) is 5.56 Å². The van der Waals surface area contributed by atoms with Gasteiger partial charge in [0.05, 0.1) is 31.0 Å². The van der Waals surface area contributed by atoms with E-state index in [1.807, 2.05) is 0 Å². The fourth-order valence-electron chi connectivity index (χ4n) is 3.04. The van der Waals surface area contributed by atoms with E-state index in [0.29, 0.717) is 6.07 Å². The largest absolute Gasteiger partial charge is 0.495 e. The molecule has 0 saturated heterocycles. The smallest absolute Gasteiger partial charge is 0.416 e. The number of carbonyl (C=O) groups excluding carboxylic acids is 1. The zero-order valence-corrected chi connectivity index (χ0v) is 18.1. The molecule has 0 aromatic heterocycles. The molecule has 3 rings (SSSR count). The molecule has 0 saturated carbocycles. The lowest BCUT2D eigenvalue weighted by molar-refractivity contribution is -0.137. The van der Waals surface area contributed by atoms with Gasteiger partial charge in [-0.25, -0.2) is 17.6 Å². The second kappa shape index (κ2) is 9.10. The number of hydrogen-bond acceptors (Lipinski definition) is 5. The number of rotatable bonds is 6. The van der Waals surface area contributed by atoms with E-state index in [-0.39, 0.29) is 22.4 Å². The second-order valence-electron chi connectivity index (χ2n) is 6.73. The van der Waals surface area contributed by atoms with Crippen LogP contribution in [-0.2, 0) is 20.9 Å². The van der Waals surface area contributed by atoms with E-state index >= 15 is 0 Å². The maximum Gasteiger partial charge on any atom is 0.416 e. The number of nitrogens with one attached hydrogen (secondary N) is 1. The Labute approximate surface area is 186 Å². The first-order valence-electron chi connectivity index (χ1n) is 9.22. The van der Waals surface area contributed by atoms with Crippen molar-refractivity contribution in [2.75, 3.05) is 18.9 Å². The Hall–Kier alpha value is -3.60. The number of halogens is 4. The Bertz CT molecular complexity index is 1310. The van der Waals surface area contributed by atoms with E-state index in [9.17, 15) is 30.8 Å². The zero-order chi connectivity index (χ0) is 24.4. The minimum Gasteiger partial charge on any atom is -0.495 e. The normalized spacial score (nSPS) is 11.7. The molecular formula is C22H17F4NO5S. The number of sulfonamides is 1. The van der Waals surface area contributed by atoms with Gasteiger partial charge in [-0.05, 0) is 48.0 Å². The predicted molar refractivity (Wildman–Crippen MR) is 112 cm³/mol. The molecule has 1 N–H and O–H groups in total. The highest BCUT2D eigenvalue weighted by molar-refractivity contribution is 7.92. The van der Waals surface area contributed by atoms with Crippen molar-refractivity contribution in [3.63, 3.8) is 0 Å². The van der Waals surface area contributed by atoms with Gasteiger partial charge < -0.3 is 9.47 Å². The highest BCUT2D eigenvalue weighted by Crippen LogP contribution is 2.37. The first-order chi connectivity index (χ1) is 15.5. The van der Waals surface area contributed by atoms with E-state index in [2.05, 4.69) is 9.46 Å².